The molecule has 302 valence electrons. The molecule has 2 aliphatic heterocycles. The predicted octanol–water partition coefficient (Wildman–Crippen LogP) is 13.7. The third kappa shape index (κ3) is 7.04. The fourth-order valence-electron chi connectivity index (χ4n) is 7.82. The first-order valence-corrected chi connectivity index (χ1v) is 19.8. The summed E-state index contributed by atoms with van der Waals surface area (Å²) in [7, 11) is 0. The molecule has 0 atom stereocenters. The van der Waals surface area contributed by atoms with Crippen LogP contribution in [0.5, 0.6) is 0 Å². The molecule has 5 aromatic rings. The van der Waals surface area contributed by atoms with E-state index in [2.05, 4.69) is 9.97 Å². The summed E-state index contributed by atoms with van der Waals surface area (Å²) in [6, 6.07) is 6.35. The summed E-state index contributed by atoms with van der Waals surface area (Å²) in [5.41, 5.74) is -0.628. The molecule has 0 unspecified atom stereocenters. The van der Waals surface area contributed by atoms with Crippen LogP contribution in [0.15, 0.2) is 24.3 Å². The van der Waals surface area contributed by atoms with Crippen molar-refractivity contribution in [2.45, 2.75) is 91.9 Å². The Morgan fingerprint density at radius 1 is 0.362 bits per heavy atom. The number of hydrogen-bond acceptors (Lipinski definition) is 2. The van der Waals surface area contributed by atoms with Crippen LogP contribution in [0.2, 0.25) is 0 Å². The maximum atomic E-state index is 16.2. The first-order chi connectivity index (χ1) is 27.9. The summed E-state index contributed by atoms with van der Waals surface area (Å²) in [6.07, 6.45) is 9.47. The summed E-state index contributed by atoms with van der Waals surface area (Å²) >= 11 is 0. The molecule has 0 saturated heterocycles. The fraction of sp³-hybridized carbons (Fsp3) is 0.304. The lowest BCUT2D eigenvalue weighted by atomic mass is 9.97. The average molecular weight is 803 g/mol. The van der Waals surface area contributed by atoms with Crippen LogP contribution in [0.4, 0.5) is 35.1 Å². The maximum Gasteiger partial charge on any atom is 0.170 e. The summed E-state index contributed by atoms with van der Waals surface area (Å²) in [4.78, 5) is 15.9. The Morgan fingerprint density at radius 3 is 1.07 bits per heavy atom. The molecule has 0 saturated carbocycles. The van der Waals surface area contributed by atoms with Gasteiger partial charge in [0.25, 0.3) is 0 Å². The fourth-order valence-corrected chi connectivity index (χ4v) is 7.82. The van der Waals surface area contributed by atoms with Crippen LogP contribution in [0.3, 0.4) is 0 Å². The maximum absolute atomic E-state index is 16.2. The van der Waals surface area contributed by atoms with Gasteiger partial charge >= 0.3 is 0 Å². The highest BCUT2D eigenvalue weighted by Crippen LogP contribution is 2.41. The first kappa shape index (κ1) is 40.7. The van der Waals surface area contributed by atoms with E-state index in [1.165, 1.54) is 24.3 Å². The number of unbranched alkanes of at least 4 members (excludes halogenated alkanes) is 2. The second-order valence-corrected chi connectivity index (χ2v) is 14.6. The number of nitrogens with one attached hydrogen (secondary N) is 2. The zero-order valence-electron chi connectivity index (χ0n) is 32.6. The Morgan fingerprint density at radius 2 is 0.707 bits per heavy atom. The standard InChI is InChI=1S/C46H42F8N4/c1-5-9-13-25-39(47)43(51)37(44(52)40(25)48)35-31-19-15-27(55-31)23(11-7-3)29-17-21-33(57-29)36(38-45(53)41(49)26(14-10-6-2)42(50)46(38)54)34-22-18-30(58-34)24(12-8-4)28-16-20-32(35)56-28/h15-22,55,57H,5-14H2,1-4H3. The largest absolute Gasteiger partial charge is 0.355 e. The van der Waals surface area contributed by atoms with E-state index >= 15 is 35.1 Å². The van der Waals surface area contributed by atoms with Gasteiger partial charge in [0, 0.05) is 49.9 Å². The number of benzene rings is 2. The van der Waals surface area contributed by atoms with Crippen molar-refractivity contribution in [1.29, 1.82) is 0 Å². The van der Waals surface area contributed by atoms with Crippen LogP contribution in [-0.4, -0.2) is 19.9 Å². The molecule has 4 nitrogen and oxygen atoms in total. The molecule has 0 fully saturated rings. The molecule has 0 spiro atoms. The highest BCUT2D eigenvalue weighted by atomic mass is 19.2. The molecule has 7 rings (SSSR count). The third-order valence-electron chi connectivity index (χ3n) is 10.7. The number of aryl methyl sites for hydroxylation is 1. The van der Waals surface area contributed by atoms with Crippen molar-refractivity contribution in [3.63, 3.8) is 0 Å². The first-order valence-electron chi connectivity index (χ1n) is 19.8. The highest BCUT2D eigenvalue weighted by Gasteiger charge is 2.31. The molecule has 0 amide bonds. The number of aromatic amines is 2. The van der Waals surface area contributed by atoms with Crippen LogP contribution in [0, 0.1) is 46.5 Å². The lowest BCUT2D eigenvalue weighted by Crippen LogP contribution is -2.07. The number of fused-ring (bicyclic) bond motifs is 8. The second kappa shape index (κ2) is 16.8. The molecular formula is C46H42F8N4. The summed E-state index contributed by atoms with van der Waals surface area (Å²) in [5.74, 6) is -12.1. The number of aromatic nitrogens is 4. The minimum atomic E-state index is -1.55. The van der Waals surface area contributed by atoms with Crippen molar-refractivity contribution in [3.8, 4) is 22.3 Å². The van der Waals surface area contributed by atoms with Crippen molar-refractivity contribution in [2.24, 2.45) is 0 Å². The molecule has 5 heterocycles. The quantitative estimate of drug-likeness (QED) is 0.0955. The molecule has 58 heavy (non-hydrogen) atoms. The van der Waals surface area contributed by atoms with Gasteiger partial charge in [-0.3, -0.25) is 0 Å². The monoisotopic (exact) mass is 802 g/mol. The van der Waals surface area contributed by atoms with E-state index in [9.17, 15) is 0 Å². The molecule has 12 heteroatoms. The van der Waals surface area contributed by atoms with Gasteiger partial charge in [-0.15, -0.1) is 0 Å². The number of nitrogens with zero attached hydrogens (tertiary/aromatic N) is 2. The Bertz CT molecular complexity index is 2440. The van der Waals surface area contributed by atoms with E-state index in [1.54, 1.807) is 38.1 Å². The highest BCUT2D eigenvalue weighted by molar-refractivity contribution is 5.95. The van der Waals surface area contributed by atoms with Crippen LogP contribution >= 0.6 is 0 Å². The summed E-state index contributed by atoms with van der Waals surface area (Å²) in [6.45, 7) is 7.41. The van der Waals surface area contributed by atoms with Gasteiger partial charge in [0.1, 0.15) is 0 Å². The van der Waals surface area contributed by atoms with E-state index in [0.717, 1.165) is 0 Å². The van der Waals surface area contributed by atoms with Crippen LogP contribution in [-0.2, 0) is 25.7 Å². The van der Waals surface area contributed by atoms with Gasteiger partial charge in [-0.25, -0.2) is 45.1 Å². The Hall–Kier alpha value is -5.52. The van der Waals surface area contributed by atoms with Gasteiger partial charge in [0.2, 0.25) is 0 Å². The molecule has 8 bridgehead atoms. The number of hydrogen-bond donors (Lipinski definition) is 2. The smallest absolute Gasteiger partial charge is 0.170 e. The third-order valence-corrected chi connectivity index (χ3v) is 10.7. The molecular weight excluding hydrogens is 761 g/mol. The molecule has 2 aromatic carbocycles. The zero-order valence-corrected chi connectivity index (χ0v) is 32.6. The van der Waals surface area contributed by atoms with E-state index < -0.39 is 68.8 Å². The Labute approximate surface area is 330 Å². The molecule has 0 radical (unpaired) electrons. The van der Waals surface area contributed by atoms with E-state index in [4.69, 9.17) is 9.97 Å². The van der Waals surface area contributed by atoms with Gasteiger partial charge < -0.3 is 9.97 Å². The molecule has 0 aliphatic carbocycles. The van der Waals surface area contributed by atoms with Crippen LogP contribution < -0.4 is 0 Å². The number of H-pyrrole nitrogens is 2. The topological polar surface area (TPSA) is 57.4 Å². The van der Waals surface area contributed by atoms with Crippen molar-refractivity contribution in [2.75, 3.05) is 0 Å². The lowest BCUT2D eigenvalue weighted by molar-refractivity contribution is 0.441. The predicted molar refractivity (Wildman–Crippen MR) is 215 cm³/mol. The van der Waals surface area contributed by atoms with Crippen molar-refractivity contribution < 1.29 is 35.1 Å². The molecule has 3 aromatic heterocycles. The molecule has 2 N–H and O–H groups in total. The van der Waals surface area contributed by atoms with Gasteiger partial charge in [0.05, 0.1) is 33.9 Å². The Balaban J connectivity index is 1.64. The summed E-state index contributed by atoms with van der Waals surface area (Å²) in [5, 5.41) is 0. The second-order valence-electron chi connectivity index (χ2n) is 14.6. The van der Waals surface area contributed by atoms with Gasteiger partial charge in [-0.05, 0) is 92.7 Å². The van der Waals surface area contributed by atoms with Crippen LogP contribution in [0.1, 0.15) is 111 Å². The van der Waals surface area contributed by atoms with Crippen molar-refractivity contribution in [3.05, 3.63) is 116 Å². The average Bonchev–Trinajstić information content (AvgIpc) is 4.06. The van der Waals surface area contributed by atoms with E-state index in [1.807, 2.05) is 13.8 Å². The lowest BCUT2D eigenvalue weighted by Gasteiger charge is -2.13. The SMILES string of the molecule is CCCCc1c(F)c(F)c(-c2c3nc(c(CCC)c4nc(c(-c5c(F)c(F)c(CCCC)c(F)c5F)c5ccc([nH]5)c(CCC)c5ccc2[nH]5)C=C4)C=C3)c(F)c1F. The minimum absolute atomic E-state index is 0.0125. The van der Waals surface area contributed by atoms with Crippen molar-refractivity contribution in [1.82, 2.24) is 19.9 Å². The van der Waals surface area contributed by atoms with Gasteiger partial charge in [-0.1, -0.05) is 53.4 Å². The number of halogens is 8. The van der Waals surface area contributed by atoms with Gasteiger partial charge in [0.15, 0.2) is 46.5 Å². The molecule has 2 aliphatic rings. The number of rotatable bonds is 12. The van der Waals surface area contributed by atoms with E-state index in [-0.39, 0.29) is 46.4 Å². The normalized spacial score (nSPS) is 12.3. The van der Waals surface area contributed by atoms with Crippen LogP contribution in [0.25, 0.3) is 68.6 Å². The Kier molecular flexibility index (Phi) is 11.7. The zero-order chi connectivity index (χ0) is 41.4. The van der Waals surface area contributed by atoms with Gasteiger partial charge in [-0.2, -0.15) is 0 Å². The minimum Gasteiger partial charge on any atom is -0.355 e. The van der Waals surface area contributed by atoms with E-state index in [0.29, 0.717) is 84.9 Å². The summed E-state index contributed by atoms with van der Waals surface area (Å²) < 4.78 is 128. The van der Waals surface area contributed by atoms with Crippen molar-refractivity contribution >= 4 is 46.4 Å².